The predicted octanol–water partition coefficient (Wildman–Crippen LogP) is -0.0786. The van der Waals surface area contributed by atoms with Gasteiger partial charge in [0, 0.05) is 12.1 Å². The molecule has 0 bridgehead atoms. The molecule has 1 aromatic carbocycles. The van der Waals surface area contributed by atoms with Crippen LogP contribution in [0.3, 0.4) is 0 Å². The number of carboxylic acids is 1. The highest BCUT2D eigenvalue weighted by atomic mass is 16.4. The number of rotatable bonds is 2. The number of phenolic OH excluding ortho intramolecular Hbond substituents is 3. The molecule has 0 aliphatic heterocycles. The van der Waals surface area contributed by atoms with Crippen LogP contribution in [0.15, 0.2) is 12.1 Å². The predicted molar refractivity (Wildman–Crippen MR) is 44.0 cm³/mol. The third kappa shape index (κ3) is 1.69. The number of carboxylic acid groups (broad SMARTS) is 1. The van der Waals surface area contributed by atoms with Gasteiger partial charge in [0.1, 0.15) is 17.2 Å². The van der Waals surface area contributed by atoms with E-state index in [-0.39, 0.29) is 0 Å². The standard InChI is InChI=1S/C8H8O6/c9-3-1-4(10)6(5(11)2-3)7(12)8(13)14/h1-2,7,9-12H,(H,13,14). The van der Waals surface area contributed by atoms with Crippen LogP contribution < -0.4 is 0 Å². The minimum absolute atomic E-state index is 0.429. The molecule has 1 unspecified atom stereocenters. The third-order valence-electron chi connectivity index (χ3n) is 1.63. The zero-order valence-corrected chi connectivity index (χ0v) is 6.88. The Morgan fingerprint density at radius 2 is 1.57 bits per heavy atom. The number of phenols is 3. The lowest BCUT2D eigenvalue weighted by Crippen LogP contribution is -2.10. The Morgan fingerprint density at radius 3 is 1.93 bits per heavy atom. The summed E-state index contributed by atoms with van der Waals surface area (Å²) < 4.78 is 0. The maximum absolute atomic E-state index is 10.4. The van der Waals surface area contributed by atoms with Crippen molar-refractivity contribution < 1.29 is 30.3 Å². The maximum Gasteiger partial charge on any atom is 0.337 e. The van der Waals surface area contributed by atoms with Crippen LogP contribution in [0.25, 0.3) is 0 Å². The van der Waals surface area contributed by atoms with E-state index in [2.05, 4.69) is 0 Å². The monoisotopic (exact) mass is 200 g/mol. The minimum Gasteiger partial charge on any atom is -0.508 e. The number of aliphatic carboxylic acids is 1. The molecule has 0 radical (unpaired) electrons. The van der Waals surface area contributed by atoms with Crippen LogP contribution in [0.4, 0.5) is 0 Å². The van der Waals surface area contributed by atoms with Gasteiger partial charge in [0.15, 0.2) is 6.10 Å². The molecular weight excluding hydrogens is 192 g/mol. The molecule has 0 amide bonds. The highest BCUT2D eigenvalue weighted by Gasteiger charge is 2.24. The fourth-order valence-corrected chi connectivity index (χ4v) is 1.01. The Bertz CT molecular complexity index is 349. The van der Waals surface area contributed by atoms with E-state index < -0.39 is 34.9 Å². The van der Waals surface area contributed by atoms with Gasteiger partial charge < -0.3 is 25.5 Å². The number of benzene rings is 1. The first-order valence-electron chi connectivity index (χ1n) is 3.59. The number of carbonyl (C=O) groups is 1. The van der Waals surface area contributed by atoms with E-state index in [4.69, 9.17) is 25.5 Å². The second-order valence-corrected chi connectivity index (χ2v) is 2.64. The largest absolute Gasteiger partial charge is 0.508 e. The summed E-state index contributed by atoms with van der Waals surface area (Å²) in [5.41, 5.74) is -0.546. The van der Waals surface area contributed by atoms with Gasteiger partial charge in [-0.25, -0.2) is 4.79 Å². The number of hydrogen-bond acceptors (Lipinski definition) is 5. The molecule has 0 saturated heterocycles. The first kappa shape index (κ1) is 10.1. The number of aromatic hydroxyl groups is 3. The summed E-state index contributed by atoms with van der Waals surface area (Å²) in [6.45, 7) is 0. The SMILES string of the molecule is O=C(O)C(O)c1c(O)cc(O)cc1O. The van der Waals surface area contributed by atoms with E-state index >= 15 is 0 Å². The molecule has 5 N–H and O–H groups in total. The highest BCUT2D eigenvalue weighted by molar-refractivity contribution is 5.76. The van der Waals surface area contributed by atoms with Crippen molar-refractivity contribution in [2.24, 2.45) is 0 Å². The summed E-state index contributed by atoms with van der Waals surface area (Å²) in [6, 6.07) is 1.64. The van der Waals surface area contributed by atoms with Crippen LogP contribution in [0.1, 0.15) is 11.7 Å². The van der Waals surface area contributed by atoms with Crippen LogP contribution in [-0.2, 0) is 4.79 Å². The molecule has 1 atom stereocenters. The van der Waals surface area contributed by atoms with Gasteiger partial charge in [0.2, 0.25) is 0 Å². The van der Waals surface area contributed by atoms with Crippen molar-refractivity contribution >= 4 is 5.97 Å². The zero-order valence-electron chi connectivity index (χ0n) is 6.88. The van der Waals surface area contributed by atoms with Gasteiger partial charge in [0.05, 0.1) is 5.56 Å². The molecule has 6 heteroatoms. The highest BCUT2D eigenvalue weighted by Crippen LogP contribution is 2.36. The van der Waals surface area contributed by atoms with E-state index in [1.165, 1.54) is 0 Å². The van der Waals surface area contributed by atoms with E-state index in [0.717, 1.165) is 12.1 Å². The van der Waals surface area contributed by atoms with Crippen molar-refractivity contribution in [2.75, 3.05) is 0 Å². The zero-order chi connectivity index (χ0) is 10.9. The van der Waals surface area contributed by atoms with Crippen molar-refractivity contribution in [2.45, 2.75) is 6.10 Å². The lowest BCUT2D eigenvalue weighted by Gasteiger charge is -2.10. The Labute approximate surface area is 78.3 Å². The average Bonchev–Trinajstić information content (AvgIpc) is 2.01. The Hall–Kier alpha value is -1.95. The van der Waals surface area contributed by atoms with Gasteiger partial charge >= 0.3 is 5.97 Å². The fourth-order valence-electron chi connectivity index (χ4n) is 1.01. The molecule has 0 heterocycles. The van der Waals surface area contributed by atoms with Crippen molar-refractivity contribution in [1.82, 2.24) is 0 Å². The maximum atomic E-state index is 10.4. The van der Waals surface area contributed by atoms with Gasteiger partial charge in [-0.1, -0.05) is 0 Å². The first-order valence-corrected chi connectivity index (χ1v) is 3.59. The van der Waals surface area contributed by atoms with Gasteiger partial charge in [-0.2, -0.15) is 0 Å². The lowest BCUT2D eigenvalue weighted by atomic mass is 10.1. The second kappa shape index (κ2) is 3.43. The summed E-state index contributed by atoms with van der Waals surface area (Å²) in [4.78, 5) is 10.4. The van der Waals surface area contributed by atoms with E-state index in [9.17, 15) is 4.79 Å². The molecule has 0 fully saturated rings. The summed E-state index contributed by atoms with van der Waals surface area (Å²) in [5, 5.41) is 44.7. The van der Waals surface area contributed by atoms with Crippen molar-refractivity contribution in [3.63, 3.8) is 0 Å². The number of aliphatic hydroxyl groups is 1. The molecule has 0 saturated carbocycles. The quantitative estimate of drug-likeness (QED) is 0.455. The van der Waals surface area contributed by atoms with Gasteiger partial charge in [-0.05, 0) is 0 Å². The number of hydrogen-bond donors (Lipinski definition) is 5. The third-order valence-corrected chi connectivity index (χ3v) is 1.63. The Kier molecular flexibility index (Phi) is 2.48. The summed E-state index contributed by atoms with van der Waals surface area (Å²) >= 11 is 0. The lowest BCUT2D eigenvalue weighted by molar-refractivity contribution is -0.147. The fraction of sp³-hybridized carbons (Fsp3) is 0.125. The first-order chi connectivity index (χ1) is 6.43. The molecule has 6 nitrogen and oxygen atoms in total. The molecule has 14 heavy (non-hydrogen) atoms. The molecule has 76 valence electrons. The molecule has 0 aliphatic rings. The van der Waals surface area contributed by atoms with Crippen molar-refractivity contribution in [3.8, 4) is 17.2 Å². The van der Waals surface area contributed by atoms with Gasteiger partial charge in [-0.15, -0.1) is 0 Å². The van der Waals surface area contributed by atoms with E-state index in [1.807, 2.05) is 0 Å². The molecule has 1 rings (SSSR count). The Balaban J connectivity index is 3.27. The molecule has 0 aromatic heterocycles. The Morgan fingerprint density at radius 1 is 1.14 bits per heavy atom. The summed E-state index contributed by atoms with van der Waals surface area (Å²) in [6.07, 6.45) is -2.03. The average molecular weight is 200 g/mol. The van der Waals surface area contributed by atoms with Crippen LogP contribution in [-0.4, -0.2) is 31.5 Å². The van der Waals surface area contributed by atoms with Crippen LogP contribution in [0.5, 0.6) is 17.2 Å². The second-order valence-electron chi connectivity index (χ2n) is 2.64. The van der Waals surface area contributed by atoms with Crippen molar-refractivity contribution in [1.29, 1.82) is 0 Å². The minimum atomic E-state index is -2.03. The smallest absolute Gasteiger partial charge is 0.337 e. The topological polar surface area (TPSA) is 118 Å². The van der Waals surface area contributed by atoms with Crippen LogP contribution in [0.2, 0.25) is 0 Å². The summed E-state index contributed by atoms with van der Waals surface area (Å²) in [5.74, 6) is -3.41. The van der Waals surface area contributed by atoms with Crippen LogP contribution >= 0.6 is 0 Å². The summed E-state index contributed by atoms with van der Waals surface area (Å²) in [7, 11) is 0. The van der Waals surface area contributed by atoms with Gasteiger partial charge in [0.25, 0.3) is 0 Å². The molecule has 0 aliphatic carbocycles. The van der Waals surface area contributed by atoms with Gasteiger partial charge in [-0.3, -0.25) is 0 Å². The van der Waals surface area contributed by atoms with E-state index in [1.54, 1.807) is 0 Å². The van der Waals surface area contributed by atoms with Crippen LogP contribution in [0, 0.1) is 0 Å². The van der Waals surface area contributed by atoms with E-state index in [0.29, 0.717) is 0 Å². The van der Waals surface area contributed by atoms with Crippen molar-refractivity contribution in [3.05, 3.63) is 17.7 Å². The molecule has 0 spiro atoms. The molecular formula is C8H8O6. The normalized spacial score (nSPS) is 12.4. The molecule has 1 aromatic rings. The number of aliphatic hydroxyl groups excluding tert-OH is 1.